The van der Waals surface area contributed by atoms with Crippen molar-refractivity contribution in [2.24, 2.45) is 0 Å². The van der Waals surface area contributed by atoms with Gasteiger partial charge < -0.3 is 4.90 Å². The zero-order chi connectivity index (χ0) is 16.2. The van der Waals surface area contributed by atoms with E-state index in [-0.39, 0.29) is 4.90 Å². The maximum absolute atomic E-state index is 12.9. The first-order valence-corrected chi connectivity index (χ1v) is 8.58. The van der Waals surface area contributed by atoms with Gasteiger partial charge in [-0.2, -0.15) is 0 Å². The maximum atomic E-state index is 12.9. The highest BCUT2D eigenvalue weighted by molar-refractivity contribution is 7.92. The third kappa shape index (κ3) is 3.76. The Hall–Kier alpha value is -2.08. The van der Waals surface area contributed by atoms with Crippen LogP contribution in [0.4, 0.5) is 15.8 Å². The quantitative estimate of drug-likeness (QED) is 0.886. The van der Waals surface area contributed by atoms with E-state index >= 15 is 0 Å². The fourth-order valence-corrected chi connectivity index (χ4v) is 3.22. The van der Waals surface area contributed by atoms with Crippen molar-refractivity contribution in [2.75, 3.05) is 22.7 Å². The standard InChI is InChI=1S/C16H19FN2O2S/c1-3-19(4-2)15-9-7-14(8-10-15)18-22(20,21)16-11-5-13(17)6-12-16/h5-12,18H,3-4H2,1-2H3. The normalized spacial score (nSPS) is 11.2. The Kier molecular flexibility index (Phi) is 5.03. The highest BCUT2D eigenvalue weighted by Crippen LogP contribution is 2.20. The van der Waals surface area contributed by atoms with Gasteiger partial charge in [0.05, 0.1) is 4.90 Å². The fourth-order valence-electron chi connectivity index (χ4n) is 2.16. The van der Waals surface area contributed by atoms with Crippen LogP contribution >= 0.6 is 0 Å². The van der Waals surface area contributed by atoms with Crippen LogP contribution < -0.4 is 9.62 Å². The molecule has 0 spiro atoms. The van der Waals surface area contributed by atoms with E-state index in [2.05, 4.69) is 23.5 Å². The fraction of sp³-hybridized carbons (Fsp3) is 0.250. The molecular weight excluding hydrogens is 303 g/mol. The second kappa shape index (κ2) is 6.79. The van der Waals surface area contributed by atoms with Gasteiger partial charge in [0, 0.05) is 24.5 Å². The van der Waals surface area contributed by atoms with Gasteiger partial charge in [-0.25, -0.2) is 12.8 Å². The van der Waals surface area contributed by atoms with Crippen molar-refractivity contribution in [3.8, 4) is 0 Å². The van der Waals surface area contributed by atoms with Gasteiger partial charge in [0.15, 0.2) is 0 Å². The minimum absolute atomic E-state index is 0.0294. The third-order valence-corrected chi connectivity index (χ3v) is 4.77. The van der Waals surface area contributed by atoms with Gasteiger partial charge in [-0.1, -0.05) is 0 Å². The molecule has 0 aliphatic carbocycles. The molecule has 0 aliphatic rings. The van der Waals surface area contributed by atoms with Gasteiger partial charge >= 0.3 is 0 Å². The van der Waals surface area contributed by atoms with Gasteiger partial charge in [0.25, 0.3) is 10.0 Å². The molecule has 6 heteroatoms. The first-order chi connectivity index (χ1) is 10.5. The number of halogens is 1. The lowest BCUT2D eigenvalue weighted by Crippen LogP contribution is -2.21. The number of hydrogen-bond acceptors (Lipinski definition) is 3. The minimum atomic E-state index is -3.70. The van der Waals surface area contributed by atoms with E-state index in [4.69, 9.17) is 0 Å². The van der Waals surface area contributed by atoms with Crippen molar-refractivity contribution in [3.63, 3.8) is 0 Å². The summed E-state index contributed by atoms with van der Waals surface area (Å²) in [6, 6.07) is 11.9. The average molecular weight is 322 g/mol. The molecule has 0 saturated carbocycles. The summed E-state index contributed by atoms with van der Waals surface area (Å²) in [5.41, 5.74) is 1.51. The first-order valence-electron chi connectivity index (χ1n) is 7.09. The molecule has 4 nitrogen and oxygen atoms in total. The molecule has 2 aromatic rings. The van der Waals surface area contributed by atoms with Gasteiger partial charge in [-0.05, 0) is 62.4 Å². The molecule has 0 radical (unpaired) electrons. The number of anilines is 2. The smallest absolute Gasteiger partial charge is 0.261 e. The minimum Gasteiger partial charge on any atom is -0.372 e. The van der Waals surface area contributed by atoms with Gasteiger partial charge in [0.2, 0.25) is 0 Å². The molecule has 0 aromatic heterocycles. The Morgan fingerprint density at radius 3 is 2.00 bits per heavy atom. The summed E-state index contributed by atoms with van der Waals surface area (Å²) in [7, 11) is -3.70. The number of rotatable bonds is 6. The zero-order valence-corrected chi connectivity index (χ0v) is 13.4. The van der Waals surface area contributed by atoms with Crippen LogP contribution in [-0.2, 0) is 10.0 Å². The molecule has 22 heavy (non-hydrogen) atoms. The Balaban J connectivity index is 2.18. The van der Waals surface area contributed by atoms with E-state index in [9.17, 15) is 12.8 Å². The number of hydrogen-bond donors (Lipinski definition) is 1. The summed E-state index contributed by atoms with van der Waals surface area (Å²) < 4.78 is 39.8. The summed E-state index contributed by atoms with van der Waals surface area (Å²) in [5.74, 6) is -0.470. The van der Waals surface area contributed by atoms with Crippen molar-refractivity contribution < 1.29 is 12.8 Å². The molecule has 0 heterocycles. The predicted octanol–water partition coefficient (Wildman–Crippen LogP) is 3.47. The summed E-state index contributed by atoms with van der Waals surface area (Å²) in [6.07, 6.45) is 0. The second-order valence-corrected chi connectivity index (χ2v) is 6.46. The summed E-state index contributed by atoms with van der Waals surface area (Å²) in [4.78, 5) is 2.19. The van der Waals surface area contributed by atoms with E-state index < -0.39 is 15.8 Å². The average Bonchev–Trinajstić information content (AvgIpc) is 2.50. The lowest BCUT2D eigenvalue weighted by atomic mass is 10.2. The highest BCUT2D eigenvalue weighted by atomic mass is 32.2. The van der Waals surface area contributed by atoms with Crippen molar-refractivity contribution in [2.45, 2.75) is 18.7 Å². The predicted molar refractivity (Wildman–Crippen MR) is 87.2 cm³/mol. The van der Waals surface area contributed by atoms with E-state index in [1.807, 2.05) is 12.1 Å². The van der Waals surface area contributed by atoms with E-state index in [1.165, 1.54) is 12.1 Å². The van der Waals surface area contributed by atoms with E-state index in [1.54, 1.807) is 12.1 Å². The molecule has 0 bridgehead atoms. The lowest BCUT2D eigenvalue weighted by Gasteiger charge is -2.21. The molecule has 0 saturated heterocycles. The molecule has 118 valence electrons. The zero-order valence-electron chi connectivity index (χ0n) is 12.6. The van der Waals surface area contributed by atoms with Crippen molar-refractivity contribution >= 4 is 21.4 Å². The van der Waals surface area contributed by atoms with Gasteiger partial charge in [-0.15, -0.1) is 0 Å². The molecule has 2 rings (SSSR count). The van der Waals surface area contributed by atoms with Crippen LogP contribution in [0.3, 0.4) is 0 Å². The molecule has 0 aliphatic heterocycles. The Bertz CT molecular complexity index is 709. The SMILES string of the molecule is CCN(CC)c1ccc(NS(=O)(=O)c2ccc(F)cc2)cc1. The van der Waals surface area contributed by atoms with Crippen LogP contribution in [-0.4, -0.2) is 21.5 Å². The van der Waals surface area contributed by atoms with Gasteiger partial charge in [-0.3, -0.25) is 4.72 Å². The Morgan fingerprint density at radius 1 is 0.955 bits per heavy atom. The number of nitrogens with one attached hydrogen (secondary N) is 1. The Morgan fingerprint density at radius 2 is 1.50 bits per heavy atom. The van der Waals surface area contributed by atoms with Crippen molar-refractivity contribution in [3.05, 3.63) is 54.3 Å². The number of benzene rings is 2. The van der Waals surface area contributed by atoms with Gasteiger partial charge in [0.1, 0.15) is 5.82 Å². The molecule has 0 fully saturated rings. The van der Waals surface area contributed by atoms with E-state index in [0.29, 0.717) is 5.69 Å². The maximum Gasteiger partial charge on any atom is 0.261 e. The van der Waals surface area contributed by atoms with Crippen LogP contribution in [0.25, 0.3) is 0 Å². The summed E-state index contributed by atoms with van der Waals surface area (Å²) in [6.45, 7) is 5.90. The van der Waals surface area contributed by atoms with Crippen LogP contribution in [0, 0.1) is 5.82 Å². The molecular formula is C16H19FN2O2S. The van der Waals surface area contributed by atoms with E-state index in [0.717, 1.165) is 30.9 Å². The first kappa shape index (κ1) is 16.3. The molecule has 0 atom stereocenters. The third-order valence-electron chi connectivity index (χ3n) is 3.37. The lowest BCUT2D eigenvalue weighted by molar-refractivity contribution is 0.599. The monoisotopic (exact) mass is 322 g/mol. The molecule has 1 N–H and O–H groups in total. The largest absolute Gasteiger partial charge is 0.372 e. The molecule has 0 amide bonds. The topological polar surface area (TPSA) is 49.4 Å². The van der Waals surface area contributed by atoms with Crippen molar-refractivity contribution in [1.82, 2.24) is 0 Å². The molecule has 0 unspecified atom stereocenters. The van der Waals surface area contributed by atoms with Crippen LogP contribution in [0.2, 0.25) is 0 Å². The highest BCUT2D eigenvalue weighted by Gasteiger charge is 2.14. The second-order valence-electron chi connectivity index (χ2n) is 4.78. The number of sulfonamides is 1. The van der Waals surface area contributed by atoms with Crippen LogP contribution in [0.5, 0.6) is 0 Å². The van der Waals surface area contributed by atoms with Crippen LogP contribution in [0.1, 0.15) is 13.8 Å². The Labute approximate surface area is 130 Å². The molecule has 2 aromatic carbocycles. The van der Waals surface area contributed by atoms with Crippen LogP contribution in [0.15, 0.2) is 53.4 Å². The summed E-state index contributed by atoms with van der Waals surface area (Å²) in [5, 5.41) is 0. The van der Waals surface area contributed by atoms with Crippen molar-refractivity contribution in [1.29, 1.82) is 0 Å². The number of nitrogens with zero attached hydrogens (tertiary/aromatic N) is 1. The summed E-state index contributed by atoms with van der Waals surface area (Å²) >= 11 is 0.